The predicted octanol–water partition coefficient (Wildman–Crippen LogP) is 3.45. The van der Waals surface area contributed by atoms with Crippen LogP contribution in [-0.2, 0) is 20.7 Å². The average molecular weight is 371 g/mol. The number of fused-ring (bicyclic) bond motifs is 1. The van der Waals surface area contributed by atoms with Crippen LogP contribution < -0.4 is 5.32 Å². The smallest absolute Gasteiger partial charge is 0.306 e. The average Bonchev–Trinajstić information content (AvgIpc) is 3.19. The van der Waals surface area contributed by atoms with Gasteiger partial charge in [-0.25, -0.2) is 0 Å². The Morgan fingerprint density at radius 1 is 1.12 bits per heavy atom. The van der Waals surface area contributed by atoms with Crippen molar-refractivity contribution in [2.24, 2.45) is 0 Å². The molecule has 1 aliphatic carbocycles. The number of aryl methyl sites for hydroxylation is 1. The van der Waals surface area contributed by atoms with E-state index in [-0.39, 0.29) is 37.2 Å². The number of esters is 1. The van der Waals surface area contributed by atoms with E-state index in [4.69, 9.17) is 4.74 Å². The maximum atomic E-state index is 12.1. The first kappa shape index (κ1) is 18.3. The van der Waals surface area contributed by atoms with Crippen molar-refractivity contribution in [3.05, 3.63) is 57.8 Å². The minimum absolute atomic E-state index is 0.0176. The summed E-state index contributed by atoms with van der Waals surface area (Å²) in [6, 6.07) is 11.6. The zero-order chi connectivity index (χ0) is 18.4. The minimum atomic E-state index is -0.533. The highest BCUT2D eigenvalue weighted by atomic mass is 32.1. The van der Waals surface area contributed by atoms with E-state index in [2.05, 4.69) is 11.4 Å². The molecule has 6 heteroatoms. The van der Waals surface area contributed by atoms with Gasteiger partial charge in [0.05, 0.1) is 17.3 Å². The summed E-state index contributed by atoms with van der Waals surface area (Å²) < 4.78 is 5.00. The van der Waals surface area contributed by atoms with Crippen molar-refractivity contribution in [2.75, 3.05) is 6.61 Å². The lowest BCUT2D eigenvalue weighted by molar-refractivity contribution is -0.148. The third-order valence-electron chi connectivity index (χ3n) is 4.42. The minimum Gasteiger partial charge on any atom is -0.456 e. The van der Waals surface area contributed by atoms with Crippen molar-refractivity contribution >= 4 is 29.0 Å². The fraction of sp³-hybridized carbons (Fsp3) is 0.350. The molecule has 136 valence electrons. The van der Waals surface area contributed by atoms with Gasteiger partial charge in [-0.2, -0.15) is 0 Å². The van der Waals surface area contributed by atoms with Crippen LogP contribution in [0, 0.1) is 0 Å². The van der Waals surface area contributed by atoms with Crippen molar-refractivity contribution in [3.8, 4) is 0 Å². The molecule has 1 aromatic carbocycles. The second-order valence-electron chi connectivity index (χ2n) is 6.27. The van der Waals surface area contributed by atoms with Crippen LogP contribution in [0.2, 0.25) is 0 Å². The summed E-state index contributed by atoms with van der Waals surface area (Å²) in [6.45, 7) is -0.315. The maximum absolute atomic E-state index is 12.1. The zero-order valence-corrected chi connectivity index (χ0v) is 15.2. The van der Waals surface area contributed by atoms with Gasteiger partial charge in [-0.3, -0.25) is 14.4 Å². The Labute approximate surface area is 156 Å². The SMILES string of the molecule is O=C(COC(=O)CCC(=O)c1cccs1)N[C@@H]1CCCc2ccccc21. The number of thiophene rings is 1. The molecule has 0 radical (unpaired) electrons. The largest absolute Gasteiger partial charge is 0.456 e. The molecule has 0 spiro atoms. The molecule has 1 N–H and O–H groups in total. The van der Waals surface area contributed by atoms with Gasteiger partial charge in [0.15, 0.2) is 12.4 Å². The molecule has 1 aliphatic rings. The highest BCUT2D eigenvalue weighted by Crippen LogP contribution is 2.29. The molecule has 0 saturated carbocycles. The van der Waals surface area contributed by atoms with E-state index in [0.717, 1.165) is 24.8 Å². The summed E-state index contributed by atoms with van der Waals surface area (Å²) in [7, 11) is 0. The molecule has 0 aliphatic heterocycles. The van der Waals surface area contributed by atoms with E-state index in [0.29, 0.717) is 4.88 Å². The fourth-order valence-electron chi connectivity index (χ4n) is 3.13. The quantitative estimate of drug-likeness (QED) is 0.598. The van der Waals surface area contributed by atoms with E-state index in [1.807, 2.05) is 23.6 Å². The van der Waals surface area contributed by atoms with E-state index in [1.54, 1.807) is 12.1 Å². The van der Waals surface area contributed by atoms with Gasteiger partial charge in [0, 0.05) is 6.42 Å². The summed E-state index contributed by atoms with van der Waals surface area (Å²) in [5.74, 6) is -0.932. The highest BCUT2D eigenvalue weighted by Gasteiger charge is 2.21. The number of carbonyl (C=O) groups excluding carboxylic acids is 3. The lowest BCUT2D eigenvalue weighted by Crippen LogP contribution is -2.34. The second kappa shape index (κ2) is 8.76. The normalized spacial score (nSPS) is 15.8. The van der Waals surface area contributed by atoms with Crippen LogP contribution in [0.5, 0.6) is 0 Å². The molecule has 0 fully saturated rings. The molecule has 1 amide bonds. The standard InChI is InChI=1S/C20H21NO4S/c22-17(18-9-4-12-26-18)10-11-20(24)25-13-19(23)21-16-8-3-6-14-5-1-2-7-15(14)16/h1-2,4-5,7,9,12,16H,3,6,8,10-11,13H2,(H,21,23)/t16-/m1/s1. The molecule has 0 bridgehead atoms. The molecule has 0 saturated heterocycles. The van der Waals surface area contributed by atoms with E-state index < -0.39 is 5.97 Å². The van der Waals surface area contributed by atoms with Crippen molar-refractivity contribution in [1.82, 2.24) is 5.32 Å². The Kier molecular flexibility index (Phi) is 6.17. The van der Waals surface area contributed by atoms with Crippen molar-refractivity contribution in [3.63, 3.8) is 0 Å². The number of hydrogen-bond acceptors (Lipinski definition) is 5. The fourth-order valence-corrected chi connectivity index (χ4v) is 3.83. The Morgan fingerprint density at radius 2 is 1.96 bits per heavy atom. The summed E-state index contributed by atoms with van der Waals surface area (Å²) >= 11 is 1.35. The van der Waals surface area contributed by atoms with Gasteiger partial charge in [0.2, 0.25) is 0 Å². The monoisotopic (exact) mass is 371 g/mol. The van der Waals surface area contributed by atoms with E-state index in [1.165, 1.54) is 16.9 Å². The van der Waals surface area contributed by atoms with Crippen LogP contribution in [0.15, 0.2) is 41.8 Å². The number of nitrogens with one attached hydrogen (secondary N) is 1. The van der Waals surface area contributed by atoms with Gasteiger partial charge < -0.3 is 10.1 Å². The van der Waals surface area contributed by atoms with Gasteiger partial charge >= 0.3 is 5.97 Å². The molecule has 1 aromatic heterocycles. The summed E-state index contributed by atoms with van der Waals surface area (Å²) in [5, 5.41) is 4.75. The second-order valence-corrected chi connectivity index (χ2v) is 7.22. The lowest BCUT2D eigenvalue weighted by Gasteiger charge is -2.26. The molecule has 26 heavy (non-hydrogen) atoms. The van der Waals surface area contributed by atoms with Crippen LogP contribution in [0.1, 0.15) is 52.5 Å². The number of hydrogen-bond donors (Lipinski definition) is 1. The first-order chi connectivity index (χ1) is 12.6. The van der Waals surface area contributed by atoms with Crippen molar-refractivity contribution < 1.29 is 19.1 Å². The van der Waals surface area contributed by atoms with Gasteiger partial charge in [-0.05, 0) is 41.8 Å². The summed E-state index contributed by atoms with van der Waals surface area (Å²) in [4.78, 5) is 36.3. The topological polar surface area (TPSA) is 72.5 Å². The first-order valence-electron chi connectivity index (χ1n) is 8.73. The summed E-state index contributed by atoms with van der Waals surface area (Å²) in [5.41, 5.74) is 2.40. The van der Waals surface area contributed by atoms with Gasteiger partial charge in [-0.1, -0.05) is 30.3 Å². The van der Waals surface area contributed by atoms with Crippen LogP contribution in [0.4, 0.5) is 0 Å². The van der Waals surface area contributed by atoms with Crippen LogP contribution >= 0.6 is 11.3 Å². The number of ether oxygens (including phenoxy) is 1. The molecular weight excluding hydrogens is 350 g/mol. The van der Waals surface area contributed by atoms with Crippen LogP contribution in [-0.4, -0.2) is 24.3 Å². The van der Waals surface area contributed by atoms with Crippen molar-refractivity contribution in [1.29, 1.82) is 0 Å². The number of rotatable bonds is 7. The molecular formula is C20H21NO4S. The Morgan fingerprint density at radius 3 is 2.77 bits per heavy atom. The van der Waals surface area contributed by atoms with Gasteiger partial charge in [0.25, 0.3) is 5.91 Å². The molecule has 0 unspecified atom stereocenters. The molecule has 1 atom stereocenters. The first-order valence-corrected chi connectivity index (χ1v) is 9.61. The Balaban J connectivity index is 1.42. The van der Waals surface area contributed by atoms with E-state index in [9.17, 15) is 14.4 Å². The van der Waals surface area contributed by atoms with Gasteiger partial charge in [-0.15, -0.1) is 11.3 Å². The number of amides is 1. The van der Waals surface area contributed by atoms with Crippen LogP contribution in [0.3, 0.4) is 0 Å². The zero-order valence-electron chi connectivity index (χ0n) is 14.4. The van der Waals surface area contributed by atoms with Crippen molar-refractivity contribution in [2.45, 2.75) is 38.1 Å². The number of carbonyl (C=O) groups is 3. The van der Waals surface area contributed by atoms with E-state index >= 15 is 0 Å². The number of benzene rings is 1. The maximum Gasteiger partial charge on any atom is 0.306 e. The Hall–Kier alpha value is -2.47. The summed E-state index contributed by atoms with van der Waals surface area (Å²) in [6.07, 6.45) is 3.00. The Bertz CT molecular complexity index is 785. The molecule has 3 rings (SSSR count). The third-order valence-corrected chi connectivity index (χ3v) is 5.33. The predicted molar refractivity (Wildman–Crippen MR) is 99.1 cm³/mol. The van der Waals surface area contributed by atoms with Crippen LogP contribution in [0.25, 0.3) is 0 Å². The number of Topliss-reactive ketones (excluding diaryl/α,β-unsaturated/α-hetero) is 1. The molecule has 2 aromatic rings. The highest BCUT2D eigenvalue weighted by molar-refractivity contribution is 7.12. The molecule has 1 heterocycles. The lowest BCUT2D eigenvalue weighted by atomic mass is 9.88. The van der Waals surface area contributed by atoms with Gasteiger partial charge in [0.1, 0.15) is 0 Å². The molecule has 5 nitrogen and oxygen atoms in total. The third kappa shape index (κ3) is 4.79. The number of ketones is 1.